The third kappa shape index (κ3) is 50.4. The van der Waals surface area contributed by atoms with Crippen molar-refractivity contribution in [2.75, 3.05) is 0 Å². The summed E-state index contributed by atoms with van der Waals surface area (Å²) in [5.74, 6) is 1.04. The van der Waals surface area contributed by atoms with Gasteiger partial charge < -0.3 is 14.6 Å². The summed E-state index contributed by atoms with van der Waals surface area (Å²) >= 11 is 0. The number of carbonyl (C=O) groups is 3. The predicted octanol–water partition coefficient (Wildman–Crippen LogP) is 8.05. The van der Waals surface area contributed by atoms with Crippen molar-refractivity contribution in [2.45, 2.75) is 123 Å². The molecule has 0 heterocycles. The van der Waals surface area contributed by atoms with Crippen molar-refractivity contribution < 1.29 is 24.2 Å². The van der Waals surface area contributed by atoms with E-state index < -0.39 is 11.8 Å². The number of carbonyl (C=O) groups excluding carboxylic acids is 2. The summed E-state index contributed by atoms with van der Waals surface area (Å²) < 4.78 is 4.35. The summed E-state index contributed by atoms with van der Waals surface area (Å²) in [6.07, 6.45) is -0.287. The molecule has 0 saturated carbocycles. The molecule has 0 bridgehead atoms. The van der Waals surface area contributed by atoms with Gasteiger partial charge in [-0.1, -0.05) is 90.0 Å². The molecule has 0 atom stereocenters. The summed E-state index contributed by atoms with van der Waals surface area (Å²) in [5, 5.41) is 8.03. The summed E-state index contributed by atoms with van der Waals surface area (Å²) in [7, 11) is 0. The zero-order valence-electron chi connectivity index (χ0n) is 23.2. The standard InChI is InChI=1S/C7H16.C6H12O.C5H10O3.C5H10O.C2H6/c1-6(2)7(3,4)5;1-5(7)6(2,3)4;1-5(2,3)8-4(6)7;1-5(2,3)4-6;1-2/h6H,1-5H3;1-4H3;1-3H3,(H,6,7);4H,1-3H3;1-2H3. The van der Waals surface area contributed by atoms with E-state index in [1.165, 1.54) is 0 Å². The van der Waals surface area contributed by atoms with Crippen molar-refractivity contribution in [3.8, 4) is 0 Å². The number of aldehydes is 1. The predicted molar refractivity (Wildman–Crippen MR) is 130 cm³/mol. The summed E-state index contributed by atoms with van der Waals surface area (Å²) in [5.41, 5.74) is -0.355. The number of carboxylic acid groups (broad SMARTS) is 1. The molecule has 1 N–H and O–H groups in total. The van der Waals surface area contributed by atoms with Crippen molar-refractivity contribution in [3.63, 3.8) is 0 Å². The van der Waals surface area contributed by atoms with Gasteiger partial charge in [0.2, 0.25) is 0 Å². The Labute approximate surface area is 188 Å². The minimum atomic E-state index is -1.22. The van der Waals surface area contributed by atoms with Crippen LogP contribution in [0.5, 0.6) is 0 Å². The molecule has 0 radical (unpaired) electrons. The van der Waals surface area contributed by atoms with E-state index in [1.807, 2.05) is 55.4 Å². The van der Waals surface area contributed by atoms with E-state index in [0.29, 0.717) is 5.41 Å². The fraction of sp³-hybridized carbons (Fsp3) is 0.880. The molecule has 0 aliphatic rings. The van der Waals surface area contributed by atoms with Crippen LogP contribution >= 0.6 is 0 Å². The zero-order chi connectivity index (χ0) is 26.1. The molecule has 5 heteroatoms. The molecular formula is C25H54O5. The molecule has 0 unspecified atom stereocenters. The summed E-state index contributed by atoms with van der Waals surface area (Å²) in [4.78, 5) is 30.1. The van der Waals surface area contributed by atoms with Gasteiger partial charge in [-0.15, -0.1) is 0 Å². The van der Waals surface area contributed by atoms with Crippen molar-refractivity contribution >= 4 is 18.2 Å². The number of ketones is 1. The van der Waals surface area contributed by atoms with E-state index in [9.17, 15) is 14.4 Å². The zero-order valence-corrected chi connectivity index (χ0v) is 23.2. The fourth-order valence-corrected chi connectivity index (χ4v) is 0.262. The maximum atomic E-state index is 10.5. The Morgan fingerprint density at radius 3 is 1.00 bits per heavy atom. The molecule has 0 rings (SSSR count). The minimum absolute atomic E-state index is 0.139. The van der Waals surface area contributed by atoms with Gasteiger partial charge in [-0.05, 0) is 39.0 Å². The largest absolute Gasteiger partial charge is 0.506 e. The lowest BCUT2D eigenvalue weighted by atomic mass is 9.84. The first kappa shape index (κ1) is 39.1. The monoisotopic (exact) mass is 434 g/mol. The average Bonchev–Trinajstić information content (AvgIpc) is 2.45. The quantitative estimate of drug-likeness (QED) is 0.308. The van der Waals surface area contributed by atoms with Crippen LogP contribution in [0.3, 0.4) is 0 Å². The van der Waals surface area contributed by atoms with Crippen molar-refractivity contribution in [2.24, 2.45) is 22.2 Å². The van der Waals surface area contributed by atoms with Crippen molar-refractivity contribution in [3.05, 3.63) is 0 Å². The SMILES string of the molecule is CC.CC(=O)C(C)(C)C.CC(C)(C)C=O.CC(C)(C)OC(=O)O.CC(C)C(C)(C)C. The Morgan fingerprint density at radius 2 is 1.00 bits per heavy atom. The van der Waals surface area contributed by atoms with E-state index in [2.05, 4.69) is 39.4 Å². The molecule has 0 aromatic carbocycles. The van der Waals surface area contributed by atoms with Crippen LogP contribution in [0, 0.1) is 22.2 Å². The maximum Gasteiger partial charge on any atom is 0.506 e. The number of ether oxygens (including phenoxy) is 1. The van der Waals surface area contributed by atoms with Crippen LogP contribution in [0.4, 0.5) is 4.79 Å². The second-order valence-corrected chi connectivity index (χ2v) is 11.3. The van der Waals surface area contributed by atoms with Crippen LogP contribution < -0.4 is 0 Å². The van der Waals surface area contributed by atoms with Gasteiger partial charge in [0.15, 0.2) is 0 Å². The first-order valence-corrected chi connectivity index (χ1v) is 10.8. The van der Waals surface area contributed by atoms with Gasteiger partial charge >= 0.3 is 6.16 Å². The second-order valence-electron chi connectivity index (χ2n) is 11.3. The Bertz CT molecular complexity index is 436. The maximum absolute atomic E-state index is 10.5. The molecule has 0 fully saturated rings. The molecule has 0 aromatic heterocycles. The average molecular weight is 435 g/mol. The van der Waals surface area contributed by atoms with E-state index in [0.717, 1.165) is 12.2 Å². The third-order valence-corrected chi connectivity index (χ3v) is 3.54. The molecule has 0 aliphatic heterocycles. The fourth-order valence-electron chi connectivity index (χ4n) is 0.262. The highest BCUT2D eigenvalue weighted by atomic mass is 16.7. The molecule has 0 amide bonds. The highest BCUT2D eigenvalue weighted by Gasteiger charge is 2.15. The molecule has 30 heavy (non-hydrogen) atoms. The summed E-state index contributed by atoms with van der Waals surface area (Å²) in [6.45, 7) is 33.3. The lowest BCUT2D eigenvalue weighted by Crippen LogP contribution is -2.22. The number of hydrogen-bond donors (Lipinski definition) is 1. The van der Waals surface area contributed by atoms with Gasteiger partial charge in [0, 0.05) is 10.8 Å². The molecular weight excluding hydrogens is 380 g/mol. The first-order chi connectivity index (χ1) is 12.9. The van der Waals surface area contributed by atoms with E-state index >= 15 is 0 Å². The molecule has 0 spiro atoms. The molecule has 0 aliphatic carbocycles. The van der Waals surface area contributed by atoms with Crippen LogP contribution in [0.1, 0.15) is 118 Å². The Morgan fingerprint density at radius 1 is 0.800 bits per heavy atom. The van der Waals surface area contributed by atoms with Crippen LogP contribution in [-0.4, -0.2) is 28.9 Å². The molecule has 184 valence electrons. The number of rotatable bonds is 0. The van der Waals surface area contributed by atoms with Crippen molar-refractivity contribution in [1.82, 2.24) is 0 Å². The molecule has 0 saturated heterocycles. The highest BCUT2D eigenvalue weighted by Crippen LogP contribution is 2.23. The van der Waals surface area contributed by atoms with E-state index in [4.69, 9.17) is 5.11 Å². The minimum Gasteiger partial charge on any atom is -0.450 e. The smallest absolute Gasteiger partial charge is 0.450 e. The lowest BCUT2D eigenvalue weighted by Gasteiger charge is -2.22. The van der Waals surface area contributed by atoms with E-state index in [-0.39, 0.29) is 16.6 Å². The third-order valence-electron chi connectivity index (χ3n) is 3.54. The lowest BCUT2D eigenvalue weighted by molar-refractivity contribution is -0.124. The second kappa shape index (κ2) is 17.3. The highest BCUT2D eigenvalue weighted by molar-refractivity contribution is 5.80. The molecule has 0 aromatic rings. The Hall–Kier alpha value is -1.39. The van der Waals surface area contributed by atoms with Gasteiger partial charge in [-0.25, -0.2) is 4.79 Å². The van der Waals surface area contributed by atoms with Gasteiger partial charge in [0.25, 0.3) is 0 Å². The van der Waals surface area contributed by atoms with Crippen LogP contribution in [0.25, 0.3) is 0 Å². The van der Waals surface area contributed by atoms with Crippen LogP contribution in [0.2, 0.25) is 0 Å². The summed E-state index contributed by atoms with van der Waals surface area (Å²) in [6, 6.07) is 0. The Kier molecular flexibility index (Phi) is 22.6. The van der Waals surface area contributed by atoms with Gasteiger partial charge in [-0.2, -0.15) is 0 Å². The number of Topliss-reactive ketones (excluding diaryl/α,β-unsaturated/α-hetero) is 1. The van der Waals surface area contributed by atoms with Gasteiger partial charge in [-0.3, -0.25) is 4.79 Å². The van der Waals surface area contributed by atoms with Gasteiger partial charge in [0.05, 0.1) is 0 Å². The number of hydrogen-bond acceptors (Lipinski definition) is 4. The van der Waals surface area contributed by atoms with Crippen LogP contribution in [-0.2, 0) is 14.3 Å². The first-order valence-electron chi connectivity index (χ1n) is 10.8. The van der Waals surface area contributed by atoms with Crippen molar-refractivity contribution in [1.29, 1.82) is 0 Å². The normalized spacial score (nSPS) is 11.0. The van der Waals surface area contributed by atoms with Gasteiger partial charge in [0.1, 0.15) is 17.7 Å². The van der Waals surface area contributed by atoms with E-state index in [1.54, 1.807) is 27.7 Å². The van der Waals surface area contributed by atoms with Crippen LogP contribution in [0.15, 0.2) is 0 Å². The topological polar surface area (TPSA) is 80.7 Å². The Balaban J connectivity index is -0.0000000903. The molecule has 5 nitrogen and oxygen atoms in total.